The first kappa shape index (κ1) is 17.7. The highest BCUT2D eigenvalue weighted by molar-refractivity contribution is 5.95. The summed E-state index contributed by atoms with van der Waals surface area (Å²) in [4.78, 5) is 28.3. The van der Waals surface area contributed by atoms with Crippen LogP contribution in [0.4, 0.5) is 17.2 Å². The van der Waals surface area contributed by atoms with Gasteiger partial charge in [-0.3, -0.25) is 9.78 Å². The summed E-state index contributed by atoms with van der Waals surface area (Å²) in [5.41, 5.74) is 4.18. The van der Waals surface area contributed by atoms with Crippen LogP contribution in [0, 0.1) is 0 Å². The monoisotopic (exact) mass is 385 g/mol. The molecule has 6 heteroatoms. The fourth-order valence-corrected chi connectivity index (χ4v) is 4.16. The summed E-state index contributed by atoms with van der Waals surface area (Å²) in [6.07, 6.45) is 6.35. The molecule has 29 heavy (non-hydrogen) atoms. The van der Waals surface area contributed by atoms with Gasteiger partial charge in [0.15, 0.2) is 0 Å². The van der Waals surface area contributed by atoms with Gasteiger partial charge >= 0.3 is 0 Å². The number of benzene rings is 1. The molecule has 4 heterocycles. The first-order valence-corrected chi connectivity index (χ1v) is 10.1. The van der Waals surface area contributed by atoms with Crippen LogP contribution in [0.5, 0.6) is 0 Å². The molecule has 1 aromatic carbocycles. The Balaban J connectivity index is 1.30. The number of carbonyl (C=O) groups is 1. The lowest BCUT2D eigenvalue weighted by Gasteiger charge is -2.35. The SMILES string of the molecule is O=C(c1cncc(N2CCc3ccccc32)c1)N1CCN(c2ccccn2)CC1. The molecule has 0 atom stereocenters. The average Bonchev–Trinajstić information content (AvgIpc) is 3.24. The number of fused-ring (bicyclic) bond motifs is 1. The van der Waals surface area contributed by atoms with E-state index in [4.69, 9.17) is 0 Å². The van der Waals surface area contributed by atoms with Crippen molar-refractivity contribution < 1.29 is 4.79 Å². The van der Waals surface area contributed by atoms with Crippen molar-refractivity contribution in [1.29, 1.82) is 0 Å². The highest BCUT2D eigenvalue weighted by Gasteiger charge is 2.25. The molecule has 2 aromatic heterocycles. The zero-order valence-corrected chi connectivity index (χ0v) is 16.2. The second-order valence-electron chi connectivity index (χ2n) is 7.43. The number of amides is 1. The zero-order valence-electron chi connectivity index (χ0n) is 16.2. The number of anilines is 3. The largest absolute Gasteiger partial charge is 0.353 e. The van der Waals surface area contributed by atoms with Gasteiger partial charge in [-0.25, -0.2) is 4.98 Å². The van der Waals surface area contributed by atoms with Crippen LogP contribution in [-0.4, -0.2) is 53.5 Å². The van der Waals surface area contributed by atoms with E-state index in [0.29, 0.717) is 18.7 Å². The first-order valence-electron chi connectivity index (χ1n) is 10.1. The number of piperazine rings is 1. The topological polar surface area (TPSA) is 52.6 Å². The van der Waals surface area contributed by atoms with E-state index in [1.165, 1.54) is 11.3 Å². The summed E-state index contributed by atoms with van der Waals surface area (Å²) in [6, 6.07) is 16.3. The Morgan fingerprint density at radius 1 is 0.897 bits per heavy atom. The van der Waals surface area contributed by atoms with Gasteiger partial charge in [-0.15, -0.1) is 0 Å². The minimum Gasteiger partial charge on any atom is -0.353 e. The third kappa shape index (κ3) is 3.42. The van der Waals surface area contributed by atoms with Crippen molar-refractivity contribution >= 4 is 23.1 Å². The van der Waals surface area contributed by atoms with Crippen molar-refractivity contribution in [3.63, 3.8) is 0 Å². The molecule has 1 fully saturated rings. The van der Waals surface area contributed by atoms with Gasteiger partial charge in [0.25, 0.3) is 5.91 Å². The normalized spacial score (nSPS) is 16.1. The molecule has 3 aromatic rings. The molecule has 0 saturated carbocycles. The molecule has 1 saturated heterocycles. The van der Waals surface area contributed by atoms with Crippen molar-refractivity contribution in [3.05, 3.63) is 78.2 Å². The van der Waals surface area contributed by atoms with Crippen molar-refractivity contribution in [2.75, 3.05) is 42.5 Å². The van der Waals surface area contributed by atoms with E-state index in [1.807, 2.05) is 35.4 Å². The number of hydrogen-bond donors (Lipinski definition) is 0. The van der Waals surface area contributed by atoms with Crippen LogP contribution in [0.25, 0.3) is 0 Å². The number of rotatable bonds is 3. The second kappa shape index (κ2) is 7.54. The summed E-state index contributed by atoms with van der Waals surface area (Å²) >= 11 is 0. The number of pyridine rings is 2. The van der Waals surface area contributed by atoms with Crippen molar-refractivity contribution in [1.82, 2.24) is 14.9 Å². The van der Waals surface area contributed by atoms with Gasteiger partial charge in [-0.05, 0) is 36.2 Å². The number of nitrogens with zero attached hydrogens (tertiary/aromatic N) is 5. The van der Waals surface area contributed by atoms with Crippen LogP contribution < -0.4 is 9.80 Å². The molecular formula is C23H23N5O. The van der Waals surface area contributed by atoms with Gasteiger partial charge in [0, 0.05) is 50.8 Å². The summed E-state index contributed by atoms with van der Waals surface area (Å²) in [5.74, 6) is 1.02. The molecule has 6 nitrogen and oxygen atoms in total. The van der Waals surface area contributed by atoms with Gasteiger partial charge in [-0.1, -0.05) is 24.3 Å². The predicted octanol–water partition coefficient (Wildman–Crippen LogP) is 3.13. The van der Waals surface area contributed by atoms with E-state index < -0.39 is 0 Å². The minimum atomic E-state index is 0.0486. The summed E-state index contributed by atoms with van der Waals surface area (Å²) in [5, 5.41) is 0. The van der Waals surface area contributed by atoms with Crippen LogP contribution in [0.1, 0.15) is 15.9 Å². The van der Waals surface area contributed by atoms with Crippen molar-refractivity contribution in [3.8, 4) is 0 Å². The molecule has 0 unspecified atom stereocenters. The fourth-order valence-electron chi connectivity index (χ4n) is 4.16. The lowest BCUT2D eigenvalue weighted by Crippen LogP contribution is -2.49. The molecule has 5 rings (SSSR count). The maximum absolute atomic E-state index is 13.1. The van der Waals surface area contributed by atoms with E-state index in [2.05, 4.69) is 44.0 Å². The Hall–Kier alpha value is -3.41. The molecule has 0 radical (unpaired) electrons. The van der Waals surface area contributed by atoms with Crippen LogP contribution in [0.2, 0.25) is 0 Å². The fraction of sp³-hybridized carbons (Fsp3) is 0.261. The molecule has 1 amide bonds. The highest BCUT2D eigenvalue weighted by Crippen LogP contribution is 2.34. The van der Waals surface area contributed by atoms with E-state index in [-0.39, 0.29) is 5.91 Å². The van der Waals surface area contributed by atoms with Gasteiger partial charge in [0.2, 0.25) is 0 Å². The lowest BCUT2D eigenvalue weighted by molar-refractivity contribution is 0.0746. The lowest BCUT2D eigenvalue weighted by atomic mass is 10.1. The summed E-state index contributed by atoms with van der Waals surface area (Å²) < 4.78 is 0. The molecule has 0 bridgehead atoms. The van der Waals surface area contributed by atoms with Crippen LogP contribution in [0.15, 0.2) is 67.1 Å². The molecule has 146 valence electrons. The Bertz CT molecular complexity index is 1010. The van der Waals surface area contributed by atoms with Crippen molar-refractivity contribution in [2.45, 2.75) is 6.42 Å². The third-order valence-electron chi connectivity index (χ3n) is 5.71. The van der Waals surface area contributed by atoms with Gasteiger partial charge < -0.3 is 14.7 Å². The molecule has 0 aliphatic carbocycles. The quantitative estimate of drug-likeness (QED) is 0.693. The second-order valence-corrected chi connectivity index (χ2v) is 7.43. The first-order chi connectivity index (χ1) is 14.3. The van der Waals surface area contributed by atoms with Crippen LogP contribution in [0.3, 0.4) is 0 Å². The Labute approximate surface area is 170 Å². The van der Waals surface area contributed by atoms with E-state index in [9.17, 15) is 4.79 Å². The third-order valence-corrected chi connectivity index (χ3v) is 5.71. The predicted molar refractivity (Wildman–Crippen MR) is 114 cm³/mol. The molecular weight excluding hydrogens is 362 g/mol. The molecule has 0 N–H and O–H groups in total. The van der Waals surface area contributed by atoms with E-state index in [0.717, 1.165) is 37.6 Å². The summed E-state index contributed by atoms with van der Waals surface area (Å²) in [6.45, 7) is 3.87. The Kier molecular flexibility index (Phi) is 4.60. The number of hydrogen-bond acceptors (Lipinski definition) is 5. The van der Waals surface area contributed by atoms with Crippen LogP contribution >= 0.6 is 0 Å². The number of carbonyl (C=O) groups excluding carboxylic acids is 1. The van der Waals surface area contributed by atoms with E-state index >= 15 is 0 Å². The maximum atomic E-state index is 13.1. The molecule has 0 spiro atoms. The molecule has 2 aliphatic rings. The maximum Gasteiger partial charge on any atom is 0.255 e. The van der Waals surface area contributed by atoms with E-state index in [1.54, 1.807) is 12.4 Å². The number of para-hydroxylation sites is 1. The average molecular weight is 385 g/mol. The van der Waals surface area contributed by atoms with Gasteiger partial charge in [0.1, 0.15) is 5.82 Å². The Morgan fingerprint density at radius 2 is 1.72 bits per heavy atom. The minimum absolute atomic E-state index is 0.0486. The smallest absolute Gasteiger partial charge is 0.255 e. The molecule has 2 aliphatic heterocycles. The number of aromatic nitrogens is 2. The zero-order chi connectivity index (χ0) is 19.6. The van der Waals surface area contributed by atoms with Gasteiger partial charge in [-0.2, -0.15) is 0 Å². The summed E-state index contributed by atoms with van der Waals surface area (Å²) in [7, 11) is 0. The Morgan fingerprint density at radius 3 is 2.55 bits per heavy atom. The van der Waals surface area contributed by atoms with Gasteiger partial charge in [0.05, 0.1) is 17.4 Å². The van der Waals surface area contributed by atoms with Crippen molar-refractivity contribution in [2.24, 2.45) is 0 Å². The standard InChI is InChI=1S/C23H23N5O/c29-23(27-13-11-26(12-14-27)22-7-3-4-9-25-22)19-15-20(17-24-16-19)28-10-8-18-5-1-2-6-21(18)28/h1-7,9,15-17H,8,10-14H2. The highest BCUT2D eigenvalue weighted by atomic mass is 16.2. The van der Waals surface area contributed by atoms with Crippen LogP contribution in [-0.2, 0) is 6.42 Å².